The van der Waals surface area contributed by atoms with Crippen molar-refractivity contribution in [1.29, 1.82) is 0 Å². The van der Waals surface area contributed by atoms with Gasteiger partial charge < -0.3 is 62.2 Å². The van der Waals surface area contributed by atoms with Gasteiger partial charge in [0.1, 0.15) is 53.7 Å². The number of nitrogens with two attached hydrogens (primary N) is 1. The number of carboxylic acids is 1. The van der Waals surface area contributed by atoms with Gasteiger partial charge in [0.25, 0.3) is 0 Å². The van der Waals surface area contributed by atoms with Gasteiger partial charge in [0.05, 0.1) is 11.5 Å². The van der Waals surface area contributed by atoms with Crippen LogP contribution in [0.2, 0.25) is 0 Å². The first-order valence-electron chi connectivity index (χ1n) is 31.8. The van der Waals surface area contributed by atoms with Crippen molar-refractivity contribution in [3.05, 3.63) is 138 Å². The number of carbonyl (C=O) groups is 9. The number of carboxylic acid groups (broad SMARTS) is 1. The minimum absolute atomic E-state index is 0.0179. The van der Waals surface area contributed by atoms with Crippen molar-refractivity contribution in [2.45, 2.75) is 194 Å². The van der Waals surface area contributed by atoms with Gasteiger partial charge in [0.2, 0.25) is 41.4 Å². The van der Waals surface area contributed by atoms with Gasteiger partial charge in [-0.3, -0.25) is 33.6 Å². The van der Waals surface area contributed by atoms with Crippen molar-refractivity contribution < 1.29 is 62.8 Å². The van der Waals surface area contributed by atoms with Crippen molar-refractivity contribution in [2.24, 2.45) is 29.4 Å². The highest BCUT2D eigenvalue weighted by atomic mass is 16.5. The molecule has 10 atom stereocenters. The fraction of sp³-hybridized carbons (Fsp3) is 0.529. The van der Waals surface area contributed by atoms with Gasteiger partial charge in [-0.05, 0) is 106 Å². The maximum Gasteiger partial charge on any atom is 0.329 e. The van der Waals surface area contributed by atoms with Crippen LogP contribution in [0.4, 0.5) is 0 Å². The van der Waals surface area contributed by atoms with Crippen molar-refractivity contribution in [1.82, 2.24) is 36.8 Å². The Balaban J connectivity index is 1.71. The predicted molar refractivity (Wildman–Crippen MR) is 349 cm³/mol. The Morgan fingerprint density at radius 2 is 1.09 bits per heavy atom. The smallest absolute Gasteiger partial charge is 0.329 e. The van der Waals surface area contributed by atoms with E-state index >= 15 is 4.79 Å². The summed E-state index contributed by atoms with van der Waals surface area (Å²) in [6.45, 7) is 20.7. The number of nitrogens with one attached hydrogen (secondary N) is 6. The predicted octanol–water partition coefficient (Wildman–Crippen LogP) is 6.50. The summed E-state index contributed by atoms with van der Waals surface area (Å²) >= 11 is 0. The molecule has 7 amide bonds. The molecule has 0 bridgehead atoms. The number of aliphatic hydroxyl groups excluding tert-OH is 1. The molecule has 0 heterocycles. The highest BCUT2D eigenvalue weighted by Crippen LogP contribution is 2.39. The Labute approximate surface area is 537 Å². The quantitative estimate of drug-likeness (QED) is 0.0174. The van der Waals surface area contributed by atoms with Gasteiger partial charge in [-0.2, -0.15) is 0 Å². The summed E-state index contributed by atoms with van der Waals surface area (Å²) in [4.78, 5) is 129. The zero-order valence-corrected chi connectivity index (χ0v) is 55.4. The molecule has 4 rings (SSSR count). The molecule has 21 nitrogen and oxygen atoms in total. The molecule has 4 aromatic rings. The zero-order chi connectivity index (χ0) is 67.8. The molecule has 0 saturated carbocycles. The van der Waals surface area contributed by atoms with Crippen LogP contribution in [0.3, 0.4) is 0 Å². The fourth-order valence-electron chi connectivity index (χ4n) is 10.5. The second-order valence-corrected chi connectivity index (χ2v) is 25.4. The van der Waals surface area contributed by atoms with Crippen LogP contribution in [0.5, 0.6) is 5.75 Å². The highest BCUT2D eigenvalue weighted by molar-refractivity contribution is 5.96. The molecule has 21 heteroatoms. The monoisotopic (exact) mass is 1260 g/mol. The van der Waals surface area contributed by atoms with Crippen LogP contribution in [0, 0.1) is 23.7 Å². The molecule has 10 N–H and O–H groups in total. The third kappa shape index (κ3) is 22.6. The molecule has 91 heavy (non-hydrogen) atoms. The van der Waals surface area contributed by atoms with Crippen LogP contribution in [0.25, 0.3) is 0 Å². The fourth-order valence-corrected chi connectivity index (χ4v) is 10.5. The Hall–Kier alpha value is -8.17. The maximum atomic E-state index is 15.0. The number of ether oxygens (including phenoxy) is 2. The molecule has 0 aliphatic heterocycles. The topological polar surface area (TPSA) is 314 Å². The van der Waals surface area contributed by atoms with Crippen LogP contribution in [0.1, 0.15) is 150 Å². The number of carbonyl (C=O) groups excluding carboxylic acids is 8. The van der Waals surface area contributed by atoms with E-state index in [0.717, 1.165) is 16.7 Å². The molecule has 0 aliphatic rings. The lowest BCUT2D eigenvalue weighted by Gasteiger charge is -2.36. The SMILES string of the molecule is CC[C@H](C)[C@H](NC(=O)[C@H](Cc1ccc(OC(C)(C)C)cc1)N(C)C(=O)[C@@H](NC(=O)[C@@H](N)CCCO)[C@@H](C)CC)C(=O)O[C@H](C)[C@H](NC(=O)[C@H](CCC(=O)NCC(c1ccccc1)(c1ccccc1)c1ccccc1)NC(=O)C(C)C)C(=O)N[C@@H](CC(C)C)C(=O)O. The van der Waals surface area contributed by atoms with Gasteiger partial charge >= 0.3 is 11.9 Å². The number of nitrogens with zero attached hydrogens (tertiary/aromatic N) is 1. The van der Waals surface area contributed by atoms with E-state index in [0.29, 0.717) is 24.2 Å². The van der Waals surface area contributed by atoms with Crippen molar-refractivity contribution in [2.75, 3.05) is 20.2 Å². The first-order chi connectivity index (χ1) is 43.0. The molecule has 0 aliphatic carbocycles. The summed E-state index contributed by atoms with van der Waals surface area (Å²) in [7, 11) is 1.42. The van der Waals surface area contributed by atoms with E-state index in [4.69, 9.17) is 15.2 Å². The molecule has 0 aromatic heterocycles. The second-order valence-electron chi connectivity index (χ2n) is 25.4. The Morgan fingerprint density at radius 3 is 1.56 bits per heavy atom. The lowest BCUT2D eigenvalue weighted by Crippen LogP contribution is -2.61. The summed E-state index contributed by atoms with van der Waals surface area (Å²) in [5.74, 6) is -8.85. The minimum atomic E-state index is -1.82. The van der Waals surface area contributed by atoms with Gasteiger partial charge in [0, 0.05) is 39.0 Å². The lowest BCUT2D eigenvalue weighted by atomic mass is 9.69. The van der Waals surface area contributed by atoms with Crippen LogP contribution >= 0.6 is 0 Å². The molecular formula is C70H100N8O13. The van der Waals surface area contributed by atoms with E-state index in [1.807, 2.05) is 119 Å². The first kappa shape index (κ1) is 75.3. The molecule has 4 aromatic carbocycles. The van der Waals surface area contributed by atoms with Crippen LogP contribution in [0.15, 0.2) is 115 Å². The average Bonchev–Trinajstić information content (AvgIpc) is 0.812. The summed E-state index contributed by atoms with van der Waals surface area (Å²) in [6, 6.07) is 26.5. The lowest BCUT2D eigenvalue weighted by molar-refractivity contribution is -0.158. The van der Waals surface area contributed by atoms with Gasteiger partial charge in [-0.25, -0.2) is 9.59 Å². The molecule has 498 valence electrons. The summed E-state index contributed by atoms with van der Waals surface area (Å²) in [6.07, 6.45) is -1.08. The minimum Gasteiger partial charge on any atom is -0.488 e. The van der Waals surface area contributed by atoms with E-state index in [1.165, 1.54) is 18.9 Å². The Bertz CT molecular complexity index is 2900. The first-order valence-corrected chi connectivity index (χ1v) is 31.8. The molecule has 0 saturated heterocycles. The molecular weight excluding hydrogens is 1160 g/mol. The average molecular weight is 1260 g/mol. The van der Waals surface area contributed by atoms with E-state index in [9.17, 15) is 48.6 Å². The Morgan fingerprint density at radius 1 is 0.593 bits per heavy atom. The summed E-state index contributed by atoms with van der Waals surface area (Å²) < 4.78 is 12.1. The van der Waals surface area contributed by atoms with Crippen molar-refractivity contribution in [3.8, 4) is 5.75 Å². The number of benzene rings is 4. The standard InChI is InChI=1S/C70H100N8O13/c1-14-45(7)58(75-62(82)53(71)32-25-39-79)66(86)78(13)56(41-48-33-35-52(36-34-48)91-69(10,11)12)64(84)76-59(46(8)15-2)68(89)90-47(9)60(65(85)74-55(67(87)88)40-43(3)4)77-63(83)54(73-61(81)44(5)6)37-38-57(80)72-42-70(49-26-19-16-20-27-49,50-28-21-17-22-29-50)51-30-23-18-24-31-51/h16-24,26-31,33-36,43-47,53-56,58-60,79H,14-15,25,32,37-42,71H2,1-13H3,(H,72,80)(H,73,81)(H,74,85)(H,75,82)(H,76,84)(H,77,83)(H,87,88)/t45-,46-,47+,53-,54-,55-,56-,58-,59-,60-/m0/s1. The number of aliphatic hydroxyl groups is 1. The summed E-state index contributed by atoms with van der Waals surface area (Å²) in [5, 5.41) is 36.2. The third-order valence-electron chi connectivity index (χ3n) is 16.3. The molecule has 0 fully saturated rings. The number of hydrogen-bond donors (Lipinski definition) is 9. The van der Waals surface area contributed by atoms with Crippen LogP contribution in [-0.2, 0) is 59.7 Å². The largest absolute Gasteiger partial charge is 0.488 e. The van der Waals surface area contributed by atoms with E-state index < -0.39 is 130 Å². The number of aliphatic carboxylic acids is 1. The second kappa shape index (κ2) is 36.0. The molecule has 0 spiro atoms. The number of likely N-dealkylation sites (N-methyl/N-ethyl adjacent to an activating group) is 1. The van der Waals surface area contributed by atoms with Gasteiger partial charge in [-0.15, -0.1) is 0 Å². The van der Waals surface area contributed by atoms with E-state index in [1.54, 1.807) is 72.7 Å². The van der Waals surface area contributed by atoms with Gasteiger partial charge in [-0.1, -0.05) is 171 Å². The third-order valence-corrected chi connectivity index (χ3v) is 16.3. The maximum absolute atomic E-state index is 15.0. The number of rotatable bonds is 36. The normalized spacial score (nSPS) is 15.0. The van der Waals surface area contributed by atoms with E-state index in [-0.39, 0.29) is 57.6 Å². The number of amides is 7. The molecule has 0 unspecified atom stereocenters. The number of hydrogen-bond acceptors (Lipinski definition) is 13. The van der Waals surface area contributed by atoms with E-state index in [2.05, 4.69) is 31.9 Å². The zero-order valence-electron chi connectivity index (χ0n) is 55.4. The highest BCUT2D eigenvalue weighted by Gasteiger charge is 2.42. The molecule has 0 radical (unpaired) electrons. The van der Waals surface area contributed by atoms with Crippen molar-refractivity contribution in [3.63, 3.8) is 0 Å². The van der Waals surface area contributed by atoms with Crippen molar-refractivity contribution >= 4 is 53.3 Å². The Kier molecular flexibility index (Phi) is 29.8. The van der Waals surface area contributed by atoms with Gasteiger partial charge in [0.15, 0.2) is 0 Å². The number of esters is 1. The summed E-state index contributed by atoms with van der Waals surface area (Å²) in [5.41, 5.74) is 8.10. The van der Waals surface area contributed by atoms with Crippen LogP contribution < -0.4 is 42.4 Å². The van der Waals surface area contributed by atoms with Crippen LogP contribution in [-0.4, -0.2) is 143 Å².